The molecule has 0 aliphatic carbocycles. The van der Waals surface area contributed by atoms with E-state index in [1.165, 1.54) is 13.2 Å². The normalized spacial score (nSPS) is 10.4. The summed E-state index contributed by atoms with van der Waals surface area (Å²) >= 11 is 3.32. The molecule has 2 aromatic rings. The smallest absolute Gasteiger partial charge is 0.222 e. The highest BCUT2D eigenvalue weighted by Crippen LogP contribution is 2.37. The molecule has 1 heterocycles. The maximum absolute atomic E-state index is 9.54. The minimum Gasteiger partial charge on any atom is -0.504 e. The predicted octanol–water partition coefficient (Wildman–Crippen LogP) is 2.40. The Morgan fingerprint density at radius 2 is 2.19 bits per heavy atom. The van der Waals surface area contributed by atoms with Crippen LogP contribution in [0.5, 0.6) is 11.5 Å². The topological polar surface area (TPSA) is 81.5 Å². The van der Waals surface area contributed by atoms with Crippen LogP contribution in [0.4, 0.5) is 5.88 Å². The number of methoxy groups -OCH3 is 1. The van der Waals surface area contributed by atoms with Crippen LogP contribution in [0, 0.1) is 0 Å². The van der Waals surface area contributed by atoms with Crippen LogP contribution in [0.2, 0.25) is 0 Å². The van der Waals surface area contributed by atoms with Crippen molar-refractivity contribution in [2.24, 2.45) is 0 Å². The third-order valence-corrected chi connectivity index (χ3v) is 2.73. The number of aromatic nitrogens is 1. The number of hydrogen-bond acceptors (Lipinski definition) is 5. The van der Waals surface area contributed by atoms with Crippen molar-refractivity contribution in [3.05, 3.63) is 22.7 Å². The Labute approximate surface area is 99.9 Å². The number of halogens is 1. The van der Waals surface area contributed by atoms with Crippen LogP contribution >= 0.6 is 15.9 Å². The van der Waals surface area contributed by atoms with E-state index in [0.29, 0.717) is 15.9 Å². The maximum atomic E-state index is 9.54. The van der Waals surface area contributed by atoms with Crippen molar-refractivity contribution in [2.45, 2.75) is 0 Å². The van der Waals surface area contributed by atoms with E-state index in [-0.39, 0.29) is 11.6 Å². The van der Waals surface area contributed by atoms with Crippen molar-refractivity contribution in [1.29, 1.82) is 0 Å². The second-order valence-corrected chi connectivity index (χ2v) is 3.97. The first-order chi connectivity index (χ1) is 7.61. The number of ether oxygens (including phenoxy) is 1. The number of nitrogens with two attached hydrogens (primary N) is 1. The highest BCUT2D eigenvalue weighted by Gasteiger charge is 2.12. The lowest BCUT2D eigenvalue weighted by Crippen LogP contribution is -1.87. The number of anilines is 1. The molecule has 0 saturated heterocycles. The van der Waals surface area contributed by atoms with Crippen LogP contribution < -0.4 is 10.5 Å². The lowest BCUT2D eigenvalue weighted by atomic mass is 10.1. The molecule has 84 valence electrons. The number of hydrogen-bond donors (Lipinski definition) is 2. The largest absolute Gasteiger partial charge is 0.504 e. The molecule has 0 aliphatic heterocycles. The van der Waals surface area contributed by atoms with Gasteiger partial charge in [0.05, 0.1) is 7.11 Å². The third kappa shape index (κ3) is 1.83. The first-order valence-corrected chi connectivity index (χ1v) is 5.20. The Kier molecular flexibility index (Phi) is 2.74. The highest BCUT2D eigenvalue weighted by molar-refractivity contribution is 9.10. The molecule has 0 aliphatic rings. The van der Waals surface area contributed by atoms with Crippen LogP contribution in [-0.2, 0) is 0 Å². The molecular formula is C10H9BrN2O3. The number of rotatable bonds is 2. The van der Waals surface area contributed by atoms with E-state index in [1.54, 1.807) is 12.1 Å². The zero-order chi connectivity index (χ0) is 11.7. The van der Waals surface area contributed by atoms with Crippen molar-refractivity contribution >= 4 is 21.8 Å². The van der Waals surface area contributed by atoms with Gasteiger partial charge in [0.25, 0.3) is 0 Å². The van der Waals surface area contributed by atoms with Crippen LogP contribution in [0.25, 0.3) is 11.3 Å². The summed E-state index contributed by atoms with van der Waals surface area (Å²) in [6.07, 6.45) is 0. The number of nitrogen functional groups attached to an aromatic ring is 1. The summed E-state index contributed by atoms with van der Waals surface area (Å²) in [6, 6.07) is 4.77. The Bertz CT molecular complexity index is 525. The summed E-state index contributed by atoms with van der Waals surface area (Å²) in [5, 5.41) is 13.3. The van der Waals surface area contributed by atoms with Gasteiger partial charge < -0.3 is 20.1 Å². The summed E-state index contributed by atoms with van der Waals surface area (Å²) < 4.78 is 10.5. The molecule has 0 atom stereocenters. The number of phenols is 1. The van der Waals surface area contributed by atoms with E-state index in [4.69, 9.17) is 15.0 Å². The molecule has 0 bridgehead atoms. The second-order valence-electron chi connectivity index (χ2n) is 3.12. The van der Waals surface area contributed by atoms with Crippen LogP contribution in [0.3, 0.4) is 0 Å². The summed E-state index contributed by atoms with van der Waals surface area (Å²) in [5.41, 5.74) is 6.74. The van der Waals surface area contributed by atoms with Crippen molar-refractivity contribution < 1.29 is 14.4 Å². The highest BCUT2D eigenvalue weighted by atomic mass is 79.9. The average molecular weight is 285 g/mol. The van der Waals surface area contributed by atoms with Crippen LogP contribution in [0.15, 0.2) is 27.2 Å². The molecule has 0 radical (unpaired) electrons. The van der Waals surface area contributed by atoms with Crippen molar-refractivity contribution in [1.82, 2.24) is 5.16 Å². The SMILES string of the molecule is COc1cc(-c2cc(N)on2)c(Br)cc1O. The molecule has 1 aromatic carbocycles. The number of phenolic OH excluding ortho intramolecular Hbond substituents is 1. The molecule has 16 heavy (non-hydrogen) atoms. The monoisotopic (exact) mass is 284 g/mol. The molecule has 1 aromatic heterocycles. The lowest BCUT2D eigenvalue weighted by molar-refractivity contribution is 0.373. The van der Waals surface area contributed by atoms with E-state index in [1.807, 2.05) is 0 Å². The first-order valence-electron chi connectivity index (χ1n) is 4.41. The summed E-state index contributed by atoms with van der Waals surface area (Å²) in [5.74, 6) is 0.642. The van der Waals surface area contributed by atoms with Crippen LogP contribution in [0.1, 0.15) is 0 Å². The summed E-state index contributed by atoms with van der Waals surface area (Å²) in [4.78, 5) is 0. The van der Waals surface area contributed by atoms with E-state index in [2.05, 4.69) is 21.1 Å². The minimum absolute atomic E-state index is 0.0505. The Morgan fingerprint density at radius 1 is 1.44 bits per heavy atom. The van der Waals surface area contributed by atoms with Gasteiger partial charge in [-0.1, -0.05) is 5.16 Å². The van der Waals surface area contributed by atoms with Crippen molar-refractivity contribution in [3.63, 3.8) is 0 Å². The van der Waals surface area contributed by atoms with E-state index in [9.17, 15) is 5.11 Å². The van der Waals surface area contributed by atoms with Gasteiger partial charge in [-0.3, -0.25) is 0 Å². The van der Waals surface area contributed by atoms with Gasteiger partial charge in [-0.05, 0) is 28.1 Å². The van der Waals surface area contributed by atoms with Gasteiger partial charge in [0, 0.05) is 16.1 Å². The molecule has 2 rings (SSSR count). The standard InChI is InChI=1S/C10H9BrN2O3/c1-15-9-2-5(6(11)3-8(9)14)7-4-10(12)16-13-7/h2-4,14H,12H2,1H3. The van der Waals surface area contributed by atoms with Gasteiger partial charge in [-0.25, -0.2) is 0 Å². The summed E-state index contributed by atoms with van der Waals surface area (Å²) in [6.45, 7) is 0. The second kappa shape index (κ2) is 4.05. The Balaban J connectivity index is 2.56. The Morgan fingerprint density at radius 3 is 2.75 bits per heavy atom. The molecule has 5 nitrogen and oxygen atoms in total. The number of nitrogens with zero attached hydrogens (tertiary/aromatic N) is 1. The van der Waals surface area contributed by atoms with Gasteiger partial charge >= 0.3 is 0 Å². The van der Waals surface area contributed by atoms with E-state index in [0.717, 1.165) is 5.56 Å². The zero-order valence-electron chi connectivity index (χ0n) is 8.40. The maximum Gasteiger partial charge on any atom is 0.222 e. The van der Waals surface area contributed by atoms with E-state index >= 15 is 0 Å². The van der Waals surface area contributed by atoms with Gasteiger partial charge in [0.15, 0.2) is 11.5 Å². The molecule has 0 unspecified atom stereocenters. The molecule has 6 heteroatoms. The summed E-state index contributed by atoms with van der Waals surface area (Å²) in [7, 11) is 1.48. The molecule has 0 amide bonds. The van der Waals surface area contributed by atoms with Gasteiger partial charge in [-0.2, -0.15) is 0 Å². The minimum atomic E-state index is 0.0505. The number of benzene rings is 1. The van der Waals surface area contributed by atoms with E-state index < -0.39 is 0 Å². The van der Waals surface area contributed by atoms with Gasteiger partial charge in [0.1, 0.15) is 5.69 Å². The molecule has 0 fully saturated rings. The fourth-order valence-electron chi connectivity index (χ4n) is 1.32. The van der Waals surface area contributed by atoms with Gasteiger partial charge in [-0.15, -0.1) is 0 Å². The zero-order valence-corrected chi connectivity index (χ0v) is 9.98. The molecule has 3 N–H and O–H groups in total. The van der Waals surface area contributed by atoms with Crippen molar-refractivity contribution in [2.75, 3.05) is 12.8 Å². The average Bonchev–Trinajstić information content (AvgIpc) is 2.65. The van der Waals surface area contributed by atoms with Crippen LogP contribution in [-0.4, -0.2) is 17.4 Å². The number of aromatic hydroxyl groups is 1. The lowest BCUT2D eigenvalue weighted by Gasteiger charge is -2.06. The first kappa shape index (κ1) is 10.8. The fraction of sp³-hybridized carbons (Fsp3) is 0.100. The molecule has 0 spiro atoms. The fourth-order valence-corrected chi connectivity index (χ4v) is 1.85. The molecular weight excluding hydrogens is 276 g/mol. The molecule has 0 saturated carbocycles. The Hall–Kier alpha value is -1.69. The quantitative estimate of drug-likeness (QED) is 0.885. The predicted molar refractivity (Wildman–Crippen MR) is 62.3 cm³/mol. The third-order valence-electron chi connectivity index (χ3n) is 2.07. The van der Waals surface area contributed by atoms with Gasteiger partial charge in [0.2, 0.25) is 5.88 Å². The van der Waals surface area contributed by atoms with Crippen molar-refractivity contribution in [3.8, 4) is 22.8 Å².